The number of rotatable bonds is 15. The number of anilines is 3. The fourth-order valence-electron chi connectivity index (χ4n) is 8.17. The van der Waals surface area contributed by atoms with E-state index in [-0.39, 0.29) is 27.8 Å². The molecule has 3 nitrogen and oxygen atoms in total. The Kier molecular flexibility index (Phi) is 13.8. The lowest BCUT2D eigenvalue weighted by Crippen LogP contribution is -3.00. The van der Waals surface area contributed by atoms with Crippen LogP contribution in [0.3, 0.4) is 0 Å². The molecule has 7 rings (SSSR count). The topological polar surface area (TPSA) is 27.3 Å². The van der Waals surface area contributed by atoms with Gasteiger partial charge in [0.2, 0.25) is 0 Å². The summed E-state index contributed by atoms with van der Waals surface area (Å²) in [6, 6.07) is 56.7. The van der Waals surface area contributed by atoms with Gasteiger partial charge in [0.15, 0.2) is 0 Å². The predicted molar refractivity (Wildman–Crippen MR) is 252 cm³/mol. The van der Waals surface area contributed by atoms with Crippen molar-refractivity contribution in [3.8, 4) is 11.1 Å². The van der Waals surface area contributed by atoms with Crippen LogP contribution < -0.4 is 48.4 Å². The Morgan fingerprint density at radius 2 is 0.983 bits per heavy atom. The zero-order valence-electron chi connectivity index (χ0n) is 36.4. The maximum atomic E-state index is 10.7. The van der Waals surface area contributed by atoms with Crippen LogP contribution in [-0.2, 0) is 0 Å². The summed E-state index contributed by atoms with van der Waals surface area (Å²) in [6.07, 6.45) is 5.50. The number of hydrogen-bond acceptors (Lipinski definition) is 3. The third-order valence-corrected chi connectivity index (χ3v) is 15.6. The van der Waals surface area contributed by atoms with E-state index in [1.807, 2.05) is 0 Å². The van der Waals surface area contributed by atoms with Gasteiger partial charge in [-0.15, -0.1) is 0 Å². The number of fused-ring (bicyclic) bond motifs is 3. The maximum absolute atomic E-state index is 10.7. The molecule has 0 bridgehead atoms. The monoisotopic (exact) mass is 852 g/mol. The normalized spacial score (nSPS) is 15.4. The Morgan fingerprint density at radius 3 is 1.48 bits per heavy atom. The summed E-state index contributed by atoms with van der Waals surface area (Å²) in [6.45, 7) is 16.1. The molecule has 6 aromatic rings. The van der Waals surface area contributed by atoms with Gasteiger partial charge in [-0.05, 0) is 107 Å². The maximum Gasteiger partial charge on any atom is 0.112 e. The molecule has 1 unspecified atom stereocenters. The van der Waals surface area contributed by atoms with Gasteiger partial charge in [-0.3, -0.25) is 0 Å². The Balaban J connectivity index is 0.00000585. The van der Waals surface area contributed by atoms with Gasteiger partial charge in [0, 0.05) is 42.3 Å². The molecule has 58 heavy (non-hydrogen) atoms. The molecule has 0 aromatic heterocycles. The lowest BCUT2D eigenvalue weighted by molar-refractivity contribution is -0.0000124. The Labute approximate surface area is 362 Å². The molecule has 0 aliphatic carbocycles. The van der Waals surface area contributed by atoms with Crippen LogP contribution in [0.2, 0.25) is 0 Å². The van der Waals surface area contributed by atoms with Crippen molar-refractivity contribution in [1.82, 2.24) is 0 Å². The summed E-state index contributed by atoms with van der Waals surface area (Å²) in [5.74, 6) is 0. The number of nitrogens with zero attached hydrogens (tertiary/aromatic N) is 1. The first kappa shape index (κ1) is 41.8. The fourth-order valence-corrected chi connectivity index (χ4v) is 12.6. The van der Waals surface area contributed by atoms with Crippen LogP contribution in [0.4, 0.5) is 17.1 Å². The van der Waals surface area contributed by atoms with Crippen LogP contribution in [0.25, 0.3) is 11.1 Å². The first-order valence-corrected chi connectivity index (χ1v) is 23.0. The van der Waals surface area contributed by atoms with Crippen molar-refractivity contribution in [1.29, 1.82) is 0 Å². The van der Waals surface area contributed by atoms with Gasteiger partial charge in [-0.25, -0.2) is 0 Å². The summed E-state index contributed by atoms with van der Waals surface area (Å²) in [4.78, 5) is 2.41. The van der Waals surface area contributed by atoms with Crippen LogP contribution in [0.5, 0.6) is 0 Å². The highest BCUT2D eigenvalue weighted by atomic mass is 79.9. The molecule has 1 aliphatic rings. The first-order chi connectivity index (χ1) is 27.9. The van der Waals surface area contributed by atoms with Crippen LogP contribution in [0.15, 0.2) is 158 Å². The van der Waals surface area contributed by atoms with E-state index in [2.05, 4.69) is 215 Å². The highest BCUT2D eigenvalue weighted by molar-refractivity contribution is 7.95. The molecule has 302 valence electrons. The molecule has 0 fully saturated rings. The van der Waals surface area contributed by atoms with Gasteiger partial charge in [0.25, 0.3) is 0 Å². The van der Waals surface area contributed by atoms with E-state index in [4.69, 9.17) is 0 Å². The van der Waals surface area contributed by atoms with Gasteiger partial charge in [0.1, 0.15) is 23.2 Å². The second kappa shape index (κ2) is 19.1. The summed E-state index contributed by atoms with van der Waals surface area (Å²) >= 11 is 0. The minimum Gasteiger partial charge on any atom is -1.00 e. The smallest absolute Gasteiger partial charge is 0.112 e. The van der Waals surface area contributed by atoms with Crippen molar-refractivity contribution in [2.75, 3.05) is 41.3 Å². The largest absolute Gasteiger partial charge is 1.00 e. The molecule has 1 aliphatic heterocycles. The number of nitrogens with one attached hydrogen (secondary N) is 2. The average Bonchev–Trinajstić information content (AvgIpc) is 3.23. The average molecular weight is 854 g/mol. The van der Waals surface area contributed by atoms with E-state index in [1.165, 1.54) is 21.5 Å². The van der Waals surface area contributed by atoms with E-state index in [0.29, 0.717) is 0 Å². The second-order valence-corrected chi connectivity index (χ2v) is 21.8. The van der Waals surface area contributed by atoms with E-state index in [0.717, 1.165) is 85.2 Å². The van der Waals surface area contributed by atoms with Gasteiger partial charge in [-0.1, -0.05) is 145 Å². The van der Waals surface area contributed by atoms with Crippen molar-refractivity contribution >= 4 is 40.2 Å². The lowest BCUT2D eigenvalue weighted by Gasteiger charge is -2.41. The summed E-state index contributed by atoms with van der Waals surface area (Å²) in [7, 11) is -1.87. The van der Waals surface area contributed by atoms with E-state index >= 15 is 0 Å². The van der Waals surface area contributed by atoms with Crippen molar-refractivity contribution in [2.45, 2.75) is 73.2 Å². The van der Waals surface area contributed by atoms with Crippen molar-refractivity contribution < 1.29 is 18.4 Å². The van der Waals surface area contributed by atoms with Gasteiger partial charge >= 0.3 is 0 Å². The molecule has 5 heteroatoms. The number of unbranched alkanes of at least 4 members (excludes halogenated alkanes) is 3. The summed E-state index contributed by atoms with van der Waals surface area (Å²) < 4.78 is 10.7. The van der Waals surface area contributed by atoms with E-state index in [1.54, 1.807) is 0 Å². The van der Waals surface area contributed by atoms with Crippen LogP contribution >= 0.6 is 7.26 Å². The Bertz CT molecular complexity index is 2140. The Hall–Kier alpha value is -4.37. The molecule has 1 heterocycles. The van der Waals surface area contributed by atoms with Crippen molar-refractivity contribution in [3.05, 3.63) is 169 Å². The van der Waals surface area contributed by atoms with E-state index < -0.39 is 13.3 Å². The number of benzene rings is 6. The molecule has 1 atom stereocenters. The minimum absolute atomic E-state index is 0. The van der Waals surface area contributed by atoms with Gasteiger partial charge < -0.3 is 32.5 Å². The molecule has 0 saturated carbocycles. The lowest BCUT2D eigenvalue weighted by atomic mass is 9.84. The molecule has 2 N–H and O–H groups in total. The molecular weight excluding hydrogens is 789 g/mol. The molecular formula is C53H63BrN3P. The SMILES string of the molecule is [2H]C1(c2ccccc2)c2cc(NCC(C)(C)C)ccc2-c2ccc(NCC(C)(C)C)cc2N1CCCCCC[P+](c1ccccc1)(c1ccccc1)c1ccccc1.[Br-]. The third-order valence-electron chi connectivity index (χ3n) is 11.0. The molecule has 0 radical (unpaired) electrons. The predicted octanol–water partition coefficient (Wildman–Crippen LogP) is 9.74. The highest BCUT2D eigenvalue weighted by Gasteiger charge is 2.44. The highest BCUT2D eigenvalue weighted by Crippen LogP contribution is 2.56. The zero-order valence-corrected chi connectivity index (χ0v) is 37.9. The standard InChI is InChI=1S/C53H63N3P.BrH/c1-52(2,3)39-54-42-31-33-47-48-34-32-43(55-40-53(4,5)6)38-50(48)56(51(49(47)37-42)41-23-13-9-14-24-41)35-21-7-8-22-36-57(44-25-15-10-16-26-44,45-27-17-11-18-28-45)46-29-19-12-20-30-46;/h9-20,23-34,37-38,51,54-55H,7-8,21-22,35-36,39-40H2,1-6H3;1H/q+1;/p-1/i51D;. The number of halogens is 1. The fraction of sp³-hybridized carbons (Fsp3) is 0.321. The minimum atomic E-state index is -1.87. The number of hydrogen-bond donors (Lipinski definition) is 2. The first-order valence-electron chi connectivity index (χ1n) is 21.5. The quantitative estimate of drug-likeness (QED) is 0.0797. The van der Waals surface area contributed by atoms with Gasteiger partial charge in [0.05, 0.1) is 13.6 Å². The molecule has 6 aromatic carbocycles. The summed E-state index contributed by atoms with van der Waals surface area (Å²) in [5.41, 5.74) is 7.92. The van der Waals surface area contributed by atoms with Crippen LogP contribution in [0.1, 0.15) is 85.7 Å². The third kappa shape index (κ3) is 10.3. The van der Waals surface area contributed by atoms with Crippen molar-refractivity contribution in [2.24, 2.45) is 10.8 Å². The van der Waals surface area contributed by atoms with E-state index in [9.17, 15) is 1.37 Å². The van der Waals surface area contributed by atoms with Crippen LogP contribution in [0, 0.1) is 10.8 Å². The molecule has 0 amide bonds. The zero-order chi connectivity index (χ0) is 40.8. The van der Waals surface area contributed by atoms with Crippen LogP contribution in [-0.4, -0.2) is 25.8 Å². The molecule has 0 spiro atoms. The summed E-state index contributed by atoms with van der Waals surface area (Å²) in [5, 5.41) is 11.8. The van der Waals surface area contributed by atoms with Gasteiger partial charge in [-0.2, -0.15) is 0 Å². The Morgan fingerprint density at radius 1 is 0.534 bits per heavy atom. The second-order valence-electron chi connectivity index (χ2n) is 18.1. The van der Waals surface area contributed by atoms with Crippen molar-refractivity contribution in [3.63, 3.8) is 0 Å². The molecule has 0 saturated heterocycles.